The molecule has 0 aromatic heterocycles. The standard InChI is InChI=1S/C9H18O3S/c1-9(2,3)12-8-6-4-5-7-13(8,10)11/h8H,4-7H2,1-3H3. The van der Waals surface area contributed by atoms with Crippen molar-refractivity contribution in [3.05, 3.63) is 0 Å². The molecule has 0 aliphatic carbocycles. The summed E-state index contributed by atoms with van der Waals surface area (Å²) in [4.78, 5) is 0. The van der Waals surface area contributed by atoms with E-state index in [1.54, 1.807) is 0 Å². The smallest absolute Gasteiger partial charge is 0.177 e. The van der Waals surface area contributed by atoms with Crippen LogP contribution in [0.5, 0.6) is 0 Å². The molecule has 1 aliphatic heterocycles. The Morgan fingerprint density at radius 1 is 1.23 bits per heavy atom. The zero-order valence-electron chi connectivity index (χ0n) is 8.54. The highest BCUT2D eigenvalue weighted by molar-refractivity contribution is 7.91. The third kappa shape index (κ3) is 3.27. The second-order valence-corrected chi connectivity index (χ2v) is 6.78. The van der Waals surface area contributed by atoms with Crippen molar-refractivity contribution in [2.45, 2.75) is 51.1 Å². The molecule has 1 rings (SSSR count). The van der Waals surface area contributed by atoms with Gasteiger partial charge < -0.3 is 4.74 Å². The van der Waals surface area contributed by atoms with E-state index in [2.05, 4.69) is 0 Å². The minimum Gasteiger partial charge on any atom is -0.357 e. The van der Waals surface area contributed by atoms with E-state index in [0.717, 1.165) is 12.8 Å². The van der Waals surface area contributed by atoms with Gasteiger partial charge in [-0.1, -0.05) is 0 Å². The van der Waals surface area contributed by atoms with E-state index in [-0.39, 0.29) is 11.4 Å². The first-order valence-electron chi connectivity index (χ1n) is 4.71. The van der Waals surface area contributed by atoms with E-state index in [9.17, 15) is 8.42 Å². The topological polar surface area (TPSA) is 43.4 Å². The van der Waals surface area contributed by atoms with E-state index in [1.807, 2.05) is 20.8 Å². The molecule has 1 heterocycles. The van der Waals surface area contributed by atoms with E-state index in [0.29, 0.717) is 6.42 Å². The van der Waals surface area contributed by atoms with Crippen molar-refractivity contribution in [2.75, 3.05) is 5.75 Å². The number of rotatable bonds is 1. The maximum absolute atomic E-state index is 11.5. The van der Waals surface area contributed by atoms with Gasteiger partial charge in [0, 0.05) is 0 Å². The molecule has 1 fully saturated rings. The zero-order valence-corrected chi connectivity index (χ0v) is 9.36. The molecule has 78 valence electrons. The summed E-state index contributed by atoms with van der Waals surface area (Å²) < 4.78 is 28.6. The Hall–Kier alpha value is -0.0900. The molecule has 3 nitrogen and oxygen atoms in total. The highest BCUT2D eigenvalue weighted by Crippen LogP contribution is 2.24. The van der Waals surface area contributed by atoms with Gasteiger partial charge in [0.25, 0.3) is 0 Å². The first-order chi connectivity index (χ1) is 5.81. The SMILES string of the molecule is CC(C)(C)OC1CCCCS1(=O)=O. The molecule has 0 bridgehead atoms. The summed E-state index contributed by atoms with van der Waals surface area (Å²) in [6.07, 6.45) is 2.39. The molecule has 0 N–H and O–H groups in total. The zero-order chi connectivity index (χ0) is 10.1. The maximum Gasteiger partial charge on any atom is 0.177 e. The van der Waals surface area contributed by atoms with Crippen molar-refractivity contribution in [1.82, 2.24) is 0 Å². The summed E-state index contributed by atoms with van der Waals surface area (Å²) in [5.41, 5.74) is -0.934. The third-order valence-electron chi connectivity index (χ3n) is 2.00. The minimum absolute atomic E-state index is 0.285. The molecule has 4 heteroatoms. The van der Waals surface area contributed by atoms with E-state index >= 15 is 0 Å². The van der Waals surface area contributed by atoms with Gasteiger partial charge in [-0.25, -0.2) is 8.42 Å². The molecule has 0 saturated carbocycles. The van der Waals surface area contributed by atoms with Crippen LogP contribution in [0.25, 0.3) is 0 Å². The second-order valence-electron chi connectivity index (χ2n) is 4.52. The lowest BCUT2D eigenvalue weighted by molar-refractivity contribution is -0.0283. The van der Waals surface area contributed by atoms with Crippen LogP contribution in [0.1, 0.15) is 40.0 Å². The number of hydrogen-bond donors (Lipinski definition) is 0. The summed E-state index contributed by atoms with van der Waals surface area (Å²) in [5, 5.41) is 0. The van der Waals surface area contributed by atoms with Gasteiger partial charge in [-0.3, -0.25) is 0 Å². The molecule has 1 atom stereocenters. The summed E-state index contributed by atoms with van der Waals surface area (Å²) in [5.74, 6) is 0.285. The molecule has 0 radical (unpaired) electrons. The average molecular weight is 206 g/mol. The minimum atomic E-state index is -2.98. The predicted octanol–water partition coefficient (Wildman–Crippen LogP) is 1.73. The van der Waals surface area contributed by atoms with Gasteiger partial charge in [-0.2, -0.15) is 0 Å². The van der Waals surface area contributed by atoms with Crippen molar-refractivity contribution in [1.29, 1.82) is 0 Å². The molecule has 13 heavy (non-hydrogen) atoms. The summed E-state index contributed by atoms with van der Waals surface area (Å²) in [6, 6.07) is 0. The largest absolute Gasteiger partial charge is 0.357 e. The Morgan fingerprint density at radius 3 is 2.31 bits per heavy atom. The fourth-order valence-electron chi connectivity index (χ4n) is 1.45. The van der Waals surface area contributed by atoms with Crippen LogP contribution in [0.2, 0.25) is 0 Å². The second kappa shape index (κ2) is 3.58. The van der Waals surface area contributed by atoms with Gasteiger partial charge in [-0.15, -0.1) is 0 Å². The first kappa shape index (κ1) is 11.0. The lowest BCUT2D eigenvalue weighted by atomic mass is 10.2. The molecule has 0 aromatic carbocycles. The molecule has 0 amide bonds. The fraction of sp³-hybridized carbons (Fsp3) is 1.00. The quantitative estimate of drug-likeness (QED) is 0.656. The molecular formula is C9H18O3S. The van der Waals surface area contributed by atoms with Crippen LogP contribution in [0.4, 0.5) is 0 Å². The average Bonchev–Trinajstić information content (AvgIpc) is 1.91. The molecule has 0 aromatic rings. The van der Waals surface area contributed by atoms with Crippen molar-refractivity contribution in [2.24, 2.45) is 0 Å². The van der Waals surface area contributed by atoms with Crippen molar-refractivity contribution < 1.29 is 13.2 Å². The van der Waals surface area contributed by atoms with Gasteiger partial charge in [-0.05, 0) is 40.0 Å². The maximum atomic E-state index is 11.5. The van der Waals surface area contributed by atoms with Gasteiger partial charge in [0.1, 0.15) is 0 Å². The Balaban J connectivity index is 2.68. The highest BCUT2D eigenvalue weighted by Gasteiger charge is 2.32. The van der Waals surface area contributed by atoms with Crippen LogP contribution in [0, 0.1) is 0 Å². The molecule has 1 unspecified atom stereocenters. The summed E-state index contributed by atoms with van der Waals surface area (Å²) in [7, 11) is -2.98. The lowest BCUT2D eigenvalue weighted by Gasteiger charge is -2.29. The van der Waals surface area contributed by atoms with E-state index in [1.165, 1.54) is 0 Å². The summed E-state index contributed by atoms with van der Waals surface area (Å²) >= 11 is 0. The Morgan fingerprint density at radius 2 is 1.85 bits per heavy atom. The van der Waals surface area contributed by atoms with Crippen LogP contribution in [-0.4, -0.2) is 25.2 Å². The predicted molar refractivity (Wildman–Crippen MR) is 52.3 cm³/mol. The van der Waals surface area contributed by atoms with Crippen LogP contribution in [-0.2, 0) is 14.6 Å². The molecular weight excluding hydrogens is 188 g/mol. The first-order valence-corrected chi connectivity index (χ1v) is 6.42. The Labute approximate surface area is 80.4 Å². The Kier molecular flexibility index (Phi) is 3.02. The number of ether oxygens (including phenoxy) is 1. The molecule has 0 spiro atoms. The van der Waals surface area contributed by atoms with Crippen LogP contribution >= 0.6 is 0 Å². The van der Waals surface area contributed by atoms with Crippen molar-refractivity contribution >= 4 is 9.84 Å². The van der Waals surface area contributed by atoms with Gasteiger partial charge in [0.15, 0.2) is 15.3 Å². The monoisotopic (exact) mass is 206 g/mol. The van der Waals surface area contributed by atoms with E-state index < -0.39 is 15.3 Å². The van der Waals surface area contributed by atoms with Gasteiger partial charge in [0.2, 0.25) is 0 Å². The van der Waals surface area contributed by atoms with Gasteiger partial charge in [0.05, 0.1) is 11.4 Å². The number of sulfone groups is 1. The van der Waals surface area contributed by atoms with Crippen LogP contribution in [0.15, 0.2) is 0 Å². The summed E-state index contributed by atoms with van der Waals surface area (Å²) in [6.45, 7) is 5.66. The Bertz CT molecular complexity index is 261. The fourth-order valence-corrected chi connectivity index (χ4v) is 3.28. The lowest BCUT2D eigenvalue weighted by Crippen LogP contribution is -2.37. The highest BCUT2D eigenvalue weighted by atomic mass is 32.2. The molecule has 1 aliphatic rings. The molecule has 1 saturated heterocycles. The number of hydrogen-bond acceptors (Lipinski definition) is 3. The van der Waals surface area contributed by atoms with Crippen molar-refractivity contribution in [3.63, 3.8) is 0 Å². The van der Waals surface area contributed by atoms with E-state index in [4.69, 9.17) is 4.74 Å². The normalized spacial score (nSPS) is 28.7. The van der Waals surface area contributed by atoms with Crippen molar-refractivity contribution in [3.8, 4) is 0 Å². The third-order valence-corrected chi connectivity index (χ3v) is 3.99. The van der Waals surface area contributed by atoms with Crippen LogP contribution in [0.3, 0.4) is 0 Å². The van der Waals surface area contributed by atoms with Gasteiger partial charge >= 0.3 is 0 Å². The van der Waals surface area contributed by atoms with Crippen LogP contribution < -0.4 is 0 Å².